The van der Waals surface area contributed by atoms with E-state index in [0.29, 0.717) is 19.3 Å². The molecule has 0 aromatic heterocycles. The highest BCUT2D eigenvalue weighted by Crippen LogP contribution is 2.29. The summed E-state index contributed by atoms with van der Waals surface area (Å²) in [6.45, 7) is 8.22. The molecule has 0 amide bonds. The molecule has 2 unspecified atom stereocenters. The lowest BCUT2D eigenvalue weighted by atomic mass is 9.84. The van der Waals surface area contributed by atoms with Crippen molar-refractivity contribution in [2.75, 3.05) is 5.75 Å². The highest BCUT2D eigenvalue weighted by Gasteiger charge is 2.48. The number of hydrogen-bond donors (Lipinski definition) is 1. The van der Waals surface area contributed by atoms with Crippen LogP contribution in [0.3, 0.4) is 0 Å². The average Bonchev–Trinajstić information content (AvgIpc) is 2.37. The van der Waals surface area contributed by atoms with Gasteiger partial charge in [0, 0.05) is 5.75 Å². The van der Waals surface area contributed by atoms with E-state index in [1.54, 1.807) is 20.8 Å². The summed E-state index contributed by atoms with van der Waals surface area (Å²) in [5.74, 6) is 0.00430. The quantitative estimate of drug-likeness (QED) is 0.610. The molecule has 0 aliphatic rings. The van der Waals surface area contributed by atoms with Crippen LogP contribution in [0.4, 0.5) is 0 Å². The summed E-state index contributed by atoms with van der Waals surface area (Å²) in [4.78, 5) is -1.33. The van der Waals surface area contributed by atoms with Crippen molar-refractivity contribution >= 4 is 26.1 Å². The van der Waals surface area contributed by atoms with Gasteiger partial charge in [0.1, 0.15) is 24.4 Å². The van der Waals surface area contributed by atoms with Crippen LogP contribution in [0.2, 0.25) is 0 Å². The third kappa shape index (κ3) is 4.45. The summed E-state index contributed by atoms with van der Waals surface area (Å²) in [6, 6.07) is 0. The van der Waals surface area contributed by atoms with Gasteiger partial charge in [-0.2, -0.15) is 0 Å². The Labute approximate surface area is 131 Å². The Bertz CT molecular complexity index is 532. The van der Waals surface area contributed by atoms with Crippen LogP contribution < -0.4 is 5.73 Å². The maximum absolute atomic E-state index is 12.7. The largest absolute Gasteiger partial charge is 0.314 e. The Morgan fingerprint density at radius 2 is 1.48 bits per heavy atom. The predicted octanol–water partition coefficient (Wildman–Crippen LogP) is 1.57. The molecule has 2 atom stereocenters. The molecule has 0 saturated carbocycles. The van der Waals surface area contributed by atoms with Gasteiger partial charge in [0.05, 0.1) is 4.65 Å². The van der Waals surface area contributed by atoms with E-state index in [2.05, 4.69) is 0 Å². The van der Waals surface area contributed by atoms with Gasteiger partial charge in [-0.1, -0.05) is 41.0 Å². The van der Waals surface area contributed by atoms with Crippen LogP contribution in [-0.4, -0.2) is 38.7 Å². The Morgan fingerprint density at radius 1 is 0.952 bits per heavy atom. The second-order valence-electron chi connectivity index (χ2n) is 6.05. The van der Waals surface area contributed by atoms with E-state index in [9.17, 15) is 16.8 Å². The molecule has 0 aromatic rings. The monoisotopic (exact) mass is 339 g/mol. The highest BCUT2D eigenvalue weighted by molar-refractivity contribution is 8.18. The van der Waals surface area contributed by atoms with Crippen LogP contribution >= 0.6 is 0 Å². The van der Waals surface area contributed by atoms with E-state index in [1.807, 2.05) is 6.92 Å². The van der Waals surface area contributed by atoms with Crippen molar-refractivity contribution in [3.63, 3.8) is 0 Å². The maximum atomic E-state index is 12.7. The van der Waals surface area contributed by atoms with Crippen molar-refractivity contribution in [3.8, 4) is 0 Å². The van der Waals surface area contributed by atoms with Gasteiger partial charge in [-0.15, -0.1) is 0 Å². The number of sulfone groups is 1. The molecule has 0 aliphatic carbocycles. The third-order valence-corrected chi connectivity index (χ3v) is 10.2. The van der Waals surface area contributed by atoms with E-state index in [1.165, 1.54) is 6.92 Å². The molecule has 0 aromatic carbocycles. The van der Waals surface area contributed by atoms with E-state index >= 15 is 0 Å². The Balaban J connectivity index is 5.68. The fourth-order valence-electron chi connectivity index (χ4n) is 2.45. The molecule has 2 N–H and O–H groups in total. The Hall–Kier alpha value is -0.0751. The Kier molecular flexibility index (Phi) is 7.44. The zero-order valence-electron chi connectivity index (χ0n) is 14.0. The fourth-order valence-corrected chi connectivity index (χ4v) is 7.35. The third-order valence-electron chi connectivity index (χ3n) is 4.36. The molecule has 0 aliphatic heterocycles. The van der Waals surface area contributed by atoms with Gasteiger partial charge in [0.15, 0.2) is 0 Å². The average molecular weight is 339 g/mol. The van der Waals surface area contributed by atoms with Crippen LogP contribution in [-0.2, 0) is 19.5 Å². The van der Waals surface area contributed by atoms with Gasteiger partial charge in [0.2, 0.25) is 0 Å². The second kappa shape index (κ2) is 7.46. The van der Waals surface area contributed by atoms with Gasteiger partial charge in [-0.25, -0.2) is 16.8 Å². The minimum Gasteiger partial charge on any atom is -0.314 e. The molecule has 8 heteroatoms. The van der Waals surface area contributed by atoms with Gasteiger partial charge in [-0.05, 0) is 25.7 Å². The van der Waals surface area contributed by atoms with E-state index in [-0.39, 0.29) is 18.6 Å². The molecule has 0 heterocycles. The normalized spacial score (nSPS) is 18.8. The first-order valence-corrected chi connectivity index (χ1v) is 11.0. The molecule has 5 nitrogen and oxygen atoms in total. The Morgan fingerprint density at radius 3 is 1.81 bits per heavy atom. The fraction of sp³-hybridized carbons (Fsp3) is 1.00. The smallest absolute Gasteiger partial charge is 0.298 e. The number of rotatable bonds is 10. The lowest BCUT2D eigenvalue weighted by molar-refractivity contribution is 0.481. The summed E-state index contributed by atoms with van der Waals surface area (Å²) in [5, 5.41) is 0. The van der Waals surface area contributed by atoms with Gasteiger partial charge >= 0.3 is 0 Å². The lowest BCUT2D eigenvalue weighted by Gasteiger charge is -2.33. The molecule has 0 radical (unpaired) electrons. The minimum absolute atomic E-state index is 0.00430. The molecular formula is C13H30BNO4S2. The van der Waals surface area contributed by atoms with Crippen LogP contribution in [0, 0.1) is 0 Å². The SMILES string of the molecule is CCCC(N)(CC)S(=O)(=O)BC(C)(CC)S(=O)(=O)CCC. The molecule has 21 heavy (non-hydrogen) atoms. The van der Waals surface area contributed by atoms with E-state index < -0.39 is 35.6 Å². The number of hydrogen-bond acceptors (Lipinski definition) is 5. The predicted molar refractivity (Wildman–Crippen MR) is 91.0 cm³/mol. The maximum Gasteiger partial charge on any atom is 0.298 e. The van der Waals surface area contributed by atoms with Crippen LogP contribution in [0.5, 0.6) is 0 Å². The van der Waals surface area contributed by atoms with E-state index in [0.717, 1.165) is 0 Å². The molecule has 0 spiro atoms. The zero-order chi connectivity index (χ0) is 16.9. The minimum atomic E-state index is -3.71. The number of nitrogens with two attached hydrogens (primary N) is 1. The first kappa shape index (κ1) is 20.9. The summed E-state index contributed by atoms with van der Waals surface area (Å²) >= 11 is 0. The first-order chi connectivity index (χ1) is 9.45. The summed E-state index contributed by atoms with van der Waals surface area (Å²) in [6.07, 6.45) is 2.03. The summed E-state index contributed by atoms with van der Waals surface area (Å²) < 4.78 is 49.0. The second-order valence-corrected chi connectivity index (χ2v) is 11.0. The van der Waals surface area contributed by atoms with Crippen LogP contribution in [0.15, 0.2) is 0 Å². The highest BCUT2D eigenvalue weighted by atomic mass is 32.2. The molecule has 126 valence electrons. The first-order valence-electron chi connectivity index (χ1n) is 7.68. The molecule has 0 fully saturated rings. The molecule has 0 saturated heterocycles. The standard InChI is InChI=1S/C13H30BNO4S2/c1-6-10-13(15,9-4)21(18,19)14-12(5,8-3)20(16,17)11-7-2/h14H,6-11,15H2,1-5H3. The summed E-state index contributed by atoms with van der Waals surface area (Å²) in [5.41, 5.74) is 6.08. The van der Waals surface area contributed by atoms with Crippen molar-refractivity contribution in [1.29, 1.82) is 0 Å². The van der Waals surface area contributed by atoms with Gasteiger partial charge < -0.3 is 5.73 Å². The van der Waals surface area contributed by atoms with Crippen molar-refractivity contribution < 1.29 is 16.8 Å². The van der Waals surface area contributed by atoms with Crippen molar-refractivity contribution in [1.82, 2.24) is 0 Å². The molecule has 0 bridgehead atoms. The lowest BCUT2D eigenvalue weighted by Crippen LogP contribution is -2.56. The summed E-state index contributed by atoms with van der Waals surface area (Å²) in [7, 11) is -7.18. The molecular weight excluding hydrogens is 309 g/mol. The van der Waals surface area contributed by atoms with E-state index in [4.69, 9.17) is 5.73 Å². The van der Waals surface area contributed by atoms with Crippen molar-refractivity contribution in [2.24, 2.45) is 5.73 Å². The zero-order valence-corrected chi connectivity index (χ0v) is 15.6. The van der Waals surface area contributed by atoms with Gasteiger partial charge in [0.25, 0.3) is 6.56 Å². The topological polar surface area (TPSA) is 94.3 Å². The van der Waals surface area contributed by atoms with Crippen LogP contribution in [0.25, 0.3) is 0 Å². The van der Waals surface area contributed by atoms with Gasteiger partial charge in [-0.3, -0.25) is 0 Å². The van der Waals surface area contributed by atoms with Crippen molar-refractivity contribution in [2.45, 2.75) is 76.2 Å². The molecule has 0 rings (SSSR count). The van der Waals surface area contributed by atoms with Crippen molar-refractivity contribution in [3.05, 3.63) is 0 Å². The van der Waals surface area contributed by atoms with Crippen LogP contribution in [0.1, 0.15) is 66.7 Å².